The second-order valence-electron chi connectivity index (χ2n) is 14.7. The van der Waals surface area contributed by atoms with Crippen molar-refractivity contribution >= 4 is 34.4 Å². The highest BCUT2D eigenvalue weighted by atomic mass is 15.2. The van der Waals surface area contributed by atoms with E-state index < -0.39 is 0 Å². The predicted octanol–water partition coefficient (Wildman–Crippen LogP) is 11.7. The van der Waals surface area contributed by atoms with Gasteiger partial charge in [-0.2, -0.15) is 0 Å². The Balaban J connectivity index is 1.37. The quantitative estimate of drug-likeness (QED) is 0.201. The highest BCUT2D eigenvalue weighted by molar-refractivity contribution is 5.78. The van der Waals surface area contributed by atoms with Crippen molar-refractivity contribution in [1.82, 2.24) is 0 Å². The van der Waals surface area contributed by atoms with E-state index in [2.05, 4.69) is 195 Å². The van der Waals surface area contributed by atoms with Gasteiger partial charge in [0.2, 0.25) is 0 Å². The van der Waals surface area contributed by atoms with Crippen molar-refractivity contribution in [3.63, 3.8) is 0 Å². The molecule has 0 spiro atoms. The van der Waals surface area contributed by atoms with E-state index >= 15 is 0 Å². The summed E-state index contributed by atoms with van der Waals surface area (Å²) >= 11 is 0. The molecule has 2 atom stereocenters. The number of hydrogen-bond acceptors (Lipinski definition) is 2. The molecule has 4 aromatic rings. The fourth-order valence-electron chi connectivity index (χ4n) is 8.68. The number of nitrogens with zero attached hydrogens (tertiary/aromatic N) is 2. The van der Waals surface area contributed by atoms with Gasteiger partial charge in [0, 0.05) is 52.4 Å². The fraction of sp³-hybridized carbons (Fsp3) is 0.200. The van der Waals surface area contributed by atoms with Crippen LogP contribution in [0.3, 0.4) is 0 Å². The van der Waals surface area contributed by atoms with Gasteiger partial charge in [-0.25, -0.2) is 0 Å². The summed E-state index contributed by atoms with van der Waals surface area (Å²) in [4.78, 5) is 4.97. The molecule has 0 aromatic heterocycles. The van der Waals surface area contributed by atoms with E-state index in [-0.39, 0.29) is 11.8 Å². The lowest BCUT2D eigenvalue weighted by atomic mass is 9.71. The van der Waals surface area contributed by atoms with Crippen LogP contribution in [0.25, 0.3) is 11.6 Å². The van der Waals surface area contributed by atoms with Crippen molar-refractivity contribution in [2.24, 2.45) is 11.8 Å². The van der Waals surface area contributed by atoms with Crippen LogP contribution < -0.4 is 20.2 Å². The standard InChI is InChI=1S/C50H48N2/c1-35-26-28-39-32-46(51(42-18-12-7-13-19-42)43-20-14-8-15-21-43)33-41-31-36(2)27-29-47(50(39)41)49-37(3)40(30-35)34-48(38(49)4)52(45-24-16-9-17-25-45)44-22-10-5-6-11-23-44/h5-22,24-25,27,30-34,38,49H,23,26,28-29H2,1-4H3/b35-30-. The molecule has 2 bridgehead atoms. The number of anilines is 4. The number of benzene rings is 4. The lowest BCUT2D eigenvalue weighted by molar-refractivity contribution is 0.531. The lowest BCUT2D eigenvalue weighted by Crippen LogP contribution is -2.38. The summed E-state index contributed by atoms with van der Waals surface area (Å²) < 4.78 is 0. The largest absolute Gasteiger partial charge is 0.317 e. The molecule has 0 saturated carbocycles. The Morgan fingerprint density at radius 1 is 0.615 bits per heavy atom. The molecule has 0 radical (unpaired) electrons. The van der Waals surface area contributed by atoms with Gasteiger partial charge < -0.3 is 9.80 Å². The summed E-state index contributed by atoms with van der Waals surface area (Å²) in [5.74, 6) is 0.501. The molecule has 0 aliphatic heterocycles. The molecular formula is C50H48N2. The van der Waals surface area contributed by atoms with Crippen molar-refractivity contribution in [3.8, 4) is 0 Å². The molecule has 0 amide bonds. The van der Waals surface area contributed by atoms with Crippen LogP contribution in [0.5, 0.6) is 0 Å². The second kappa shape index (κ2) is 14.6. The monoisotopic (exact) mass is 676 g/mol. The average molecular weight is 677 g/mol. The van der Waals surface area contributed by atoms with Gasteiger partial charge in [0.05, 0.1) is 0 Å². The minimum absolute atomic E-state index is 0.249. The van der Waals surface area contributed by atoms with Gasteiger partial charge in [0.1, 0.15) is 0 Å². The zero-order chi connectivity index (χ0) is 35.6. The van der Waals surface area contributed by atoms with Gasteiger partial charge in [0.15, 0.2) is 0 Å². The molecule has 2 nitrogen and oxygen atoms in total. The number of rotatable bonds is 6. The lowest BCUT2D eigenvalue weighted by Gasteiger charge is -2.41. The first kappa shape index (κ1) is 33.5. The van der Waals surface area contributed by atoms with Crippen LogP contribution in [-0.2, 0) is 6.42 Å². The maximum atomic E-state index is 2.55. The SMILES string of the molecule is CC1=CCC2=c3c(cc(N(c4ccccc4)c4ccccc4)cc3=C1)CC/C(C)=C\C1=C(C)C2C(C)C(N(C2=CC=CC=CC2)c2ccccc2)=C1. The van der Waals surface area contributed by atoms with Crippen molar-refractivity contribution in [2.75, 3.05) is 9.80 Å². The summed E-state index contributed by atoms with van der Waals surface area (Å²) in [6, 6.07) is 37.5. The second-order valence-corrected chi connectivity index (χ2v) is 14.7. The van der Waals surface area contributed by atoms with Crippen molar-refractivity contribution in [3.05, 3.63) is 201 Å². The summed E-state index contributed by atoms with van der Waals surface area (Å²) in [5.41, 5.74) is 16.0. The smallest absolute Gasteiger partial charge is 0.0470 e. The molecule has 2 heteroatoms. The molecular weight excluding hydrogens is 629 g/mol. The first-order valence-electron chi connectivity index (χ1n) is 18.9. The third-order valence-corrected chi connectivity index (χ3v) is 11.2. The number of aryl methyl sites for hydroxylation is 1. The number of hydrogen-bond donors (Lipinski definition) is 0. The Bertz CT molecular complexity index is 2290. The van der Waals surface area contributed by atoms with Crippen LogP contribution in [0.15, 0.2) is 185 Å². The minimum atomic E-state index is 0.249. The molecule has 4 aromatic carbocycles. The van der Waals surface area contributed by atoms with E-state index in [0.717, 1.165) is 25.7 Å². The van der Waals surface area contributed by atoms with Crippen molar-refractivity contribution in [1.29, 1.82) is 0 Å². The zero-order valence-electron chi connectivity index (χ0n) is 30.9. The van der Waals surface area contributed by atoms with Gasteiger partial charge in [-0.05, 0) is 122 Å². The van der Waals surface area contributed by atoms with Gasteiger partial charge >= 0.3 is 0 Å². The Hall–Kier alpha value is -5.60. The van der Waals surface area contributed by atoms with Gasteiger partial charge in [-0.3, -0.25) is 0 Å². The number of para-hydroxylation sites is 3. The molecule has 4 aliphatic rings. The third-order valence-electron chi connectivity index (χ3n) is 11.2. The maximum absolute atomic E-state index is 2.55. The first-order valence-corrected chi connectivity index (χ1v) is 18.9. The Morgan fingerprint density at radius 2 is 1.27 bits per heavy atom. The normalized spacial score (nSPS) is 20.6. The van der Waals surface area contributed by atoms with Crippen LogP contribution >= 0.6 is 0 Å². The summed E-state index contributed by atoms with van der Waals surface area (Å²) in [7, 11) is 0. The topological polar surface area (TPSA) is 6.48 Å². The fourth-order valence-corrected chi connectivity index (χ4v) is 8.68. The average Bonchev–Trinajstić information content (AvgIpc) is 3.53. The van der Waals surface area contributed by atoms with E-state index in [0.29, 0.717) is 0 Å². The van der Waals surface area contributed by atoms with Crippen LogP contribution in [0, 0.1) is 11.8 Å². The minimum Gasteiger partial charge on any atom is -0.317 e. The maximum Gasteiger partial charge on any atom is 0.0470 e. The predicted molar refractivity (Wildman–Crippen MR) is 222 cm³/mol. The number of fused-ring (bicyclic) bond motifs is 2. The molecule has 0 fully saturated rings. The van der Waals surface area contributed by atoms with E-state index in [1.54, 1.807) is 5.57 Å². The van der Waals surface area contributed by atoms with Crippen LogP contribution in [0.2, 0.25) is 0 Å². The van der Waals surface area contributed by atoms with Crippen LogP contribution in [-0.4, -0.2) is 0 Å². The van der Waals surface area contributed by atoms with E-state index in [4.69, 9.17) is 0 Å². The summed E-state index contributed by atoms with van der Waals surface area (Å²) in [6.07, 6.45) is 24.8. The molecule has 8 rings (SSSR count). The highest BCUT2D eigenvalue weighted by Crippen LogP contribution is 2.46. The molecule has 52 heavy (non-hydrogen) atoms. The molecule has 2 unspecified atom stereocenters. The summed E-state index contributed by atoms with van der Waals surface area (Å²) in [5, 5.41) is 2.78. The first-order chi connectivity index (χ1) is 25.5. The molecule has 0 saturated heterocycles. The highest BCUT2D eigenvalue weighted by Gasteiger charge is 2.35. The van der Waals surface area contributed by atoms with E-state index in [1.807, 2.05) is 0 Å². The van der Waals surface area contributed by atoms with Crippen molar-refractivity contribution < 1.29 is 0 Å². The molecule has 0 N–H and O–H groups in total. The molecule has 258 valence electrons. The Kier molecular flexibility index (Phi) is 9.39. The summed E-state index contributed by atoms with van der Waals surface area (Å²) in [6.45, 7) is 9.47. The van der Waals surface area contributed by atoms with Crippen LogP contribution in [0.4, 0.5) is 22.7 Å². The van der Waals surface area contributed by atoms with Gasteiger partial charge in [-0.15, -0.1) is 0 Å². The molecule has 0 heterocycles. The zero-order valence-corrected chi connectivity index (χ0v) is 30.9. The van der Waals surface area contributed by atoms with Crippen LogP contribution in [0.1, 0.15) is 52.5 Å². The van der Waals surface area contributed by atoms with E-state index in [9.17, 15) is 0 Å². The Labute approximate surface area is 309 Å². The third kappa shape index (κ3) is 6.50. The number of allylic oxidation sites excluding steroid dienone is 13. The van der Waals surface area contributed by atoms with Gasteiger partial charge in [-0.1, -0.05) is 126 Å². The Morgan fingerprint density at radius 3 is 1.94 bits per heavy atom. The van der Waals surface area contributed by atoms with Gasteiger partial charge in [0.25, 0.3) is 0 Å². The van der Waals surface area contributed by atoms with E-state index in [1.165, 1.54) is 72.4 Å². The molecule has 4 aliphatic carbocycles. The van der Waals surface area contributed by atoms with Crippen molar-refractivity contribution in [2.45, 2.75) is 53.4 Å².